The largest absolute Gasteiger partial charge is 0.392 e. The first-order chi connectivity index (χ1) is 9.20. The number of hydrogen-bond donors (Lipinski definition) is 2. The highest BCUT2D eigenvalue weighted by atomic mass is 19.1. The van der Waals surface area contributed by atoms with E-state index in [1.807, 2.05) is 0 Å². The highest BCUT2D eigenvalue weighted by Crippen LogP contribution is 2.22. The van der Waals surface area contributed by atoms with Crippen LogP contribution >= 0.6 is 0 Å². The van der Waals surface area contributed by atoms with Crippen LogP contribution in [0.1, 0.15) is 48.0 Å². The fourth-order valence-electron chi connectivity index (χ4n) is 2.55. The second kappa shape index (κ2) is 6.66. The molecule has 2 rings (SSSR count). The predicted molar refractivity (Wildman–Crippen MR) is 71.2 cm³/mol. The molecular formula is C15H20FNO2. The second-order valence-electron chi connectivity index (χ2n) is 5.18. The first kappa shape index (κ1) is 14.0. The molecule has 19 heavy (non-hydrogen) atoms. The van der Waals surface area contributed by atoms with Crippen molar-refractivity contribution in [3.8, 4) is 0 Å². The highest BCUT2D eigenvalue weighted by molar-refractivity contribution is 5.94. The molecule has 0 atom stereocenters. The number of nitrogens with one attached hydrogen (secondary N) is 1. The van der Waals surface area contributed by atoms with Crippen molar-refractivity contribution >= 4 is 5.91 Å². The Kier molecular flexibility index (Phi) is 4.91. The van der Waals surface area contributed by atoms with Crippen LogP contribution in [0.15, 0.2) is 18.2 Å². The zero-order valence-electron chi connectivity index (χ0n) is 11.0. The fourth-order valence-corrected chi connectivity index (χ4v) is 2.55. The molecule has 3 nitrogen and oxygen atoms in total. The molecule has 0 aromatic heterocycles. The Morgan fingerprint density at radius 1 is 1.32 bits per heavy atom. The molecule has 0 saturated heterocycles. The SMILES string of the molecule is O=C(NCC1CCCCC1)c1ccc(CO)c(F)c1. The van der Waals surface area contributed by atoms with Crippen molar-refractivity contribution in [2.24, 2.45) is 5.92 Å². The van der Waals surface area contributed by atoms with E-state index in [-0.39, 0.29) is 18.1 Å². The maximum atomic E-state index is 13.5. The van der Waals surface area contributed by atoms with E-state index < -0.39 is 5.82 Å². The van der Waals surface area contributed by atoms with Gasteiger partial charge in [0.15, 0.2) is 0 Å². The Balaban J connectivity index is 1.90. The molecule has 2 N–H and O–H groups in total. The number of hydrogen-bond acceptors (Lipinski definition) is 2. The number of amides is 1. The van der Waals surface area contributed by atoms with Crippen molar-refractivity contribution in [1.82, 2.24) is 5.32 Å². The van der Waals surface area contributed by atoms with Crippen LogP contribution in [0.3, 0.4) is 0 Å². The summed E-state index contributed by atoms with van der Waals surface area (Å²) in [5.41, 5.74) is 0.523. The van der Waals surface area contributed by atoms with E-state index in [9.17, 15) is 9.18 Å². The summed E-state index contributed by atoms with van der Waals surface area (Å²) < 4.78 is 13.5. The van der Waals surface area contributed by atoms with Gasteiger partial charge in [0, 0.05) is 17.7 Å². The maximum Gasteiger partial charge on any atom is 0.251 e. The number of carbonyl (C=O) groups excluding carboxylic acids is 1. The van der Waals surface area contributed by atoms with Crippen LogP contribution in [0.4, 0.5) is 4.39 Å². The van der Waals surface area contributed by atoms with Gasteiger partial charge in [-0.25, -0.2) is 4.39 Å². The smallest absolute Gasteiger partial charge is 0.251 e. The summed E-state index contributed by atoms with van der Waals surface area (Å²) >= 11 is 0. The quantitative estimate of drug-likeness (QED) is 0.879. The van der Waals surface area contributed by atoms with Gasteiger partial charge in [-0.05, 0) is 30.9 Å². The molecule has 1 amide bonds. The Morgan fingerprint density at radius 2 is 2.05 bits per heavy atom. The molecule has 0 radical (unpaired) electrons. The van der Waals surface area contributed by atoms with Crippen LogP contribution in [0, 0.1) is 11.7 Å². The second-order valence-corrected chi connectivity index (χ2v) is 5.18. The van der Waals surface area contributed by atoms with Gasteiger partial charge in [0.25, 0.3) is 5.91 Å². The molecule has 0 unspecified atom stereocenters. The summed E-state index contributed by atoms with van der Waals surface area (Å²) in [6, 6.07) is 4.18. The molecule has 1 aromatic carbocycles. The van der Waals surface area contributed by atoms with Gasteiger partial charge in [-0.15, -0.1) is 0 Å². The normalized spacial score (nSPS) is 16.3. The van der Waals surface area contributed by atoms with Crippen molar-refractivity contribution in [1.29, 1.82) is 0 Å². The third kappa shape index (κ3) is 3.77. The van der Waals surface area contributed by atoms with E-state index in [1.165, 1.54) is 31.4 Å². The maximum absolute atomic E-state index is 13.5. The van der Waals surface area contributed by atoms with Gasteiger partial charge < -0.3 is 10.4 Å². The minimum atomic E-state index is -0.534. The van der Waals surface area contributed by atoms with Crippen LogP contribution in [0.2, 0.25) is 0 Å². The summed E-state index contributed by atoms with van der Waals surface area (Å²) in [6.45, 7) is 0.317. The first-order valence-electron chi connectivity index (χ1n) is 6.88. The Labute approximate surface area is 112 Å². The highest BCUT2D eigenvalue weighted by Gasteiger charge is 2.15. The lowest BCUT2D eigenvalue weighted by Gasteiger charge is -2.21. The van der Waals surface area contributed by atoms with E-state index in [2.05, 4.69) is 5.32 Å². The molecule has 0 heterocycles. The Bertz CT molecular complexity index is 442. The minimum absolute atomic E-state index is 0.212. The Morgan fingerprint density at radius 3 is 2.68 bits per heavy atom. The number of benzene rings is 1. The molecular weight excluding hydrogens is 245 g/mol. The van der Waals surface area contributed by atoms with Crippen molar-refractivity contribution < 1.29 is 14.3 Å². The molecule has 1 aliphatic rings. The van der Waals surface area contributed by atoms with Crippen molar-refractivity contribution in [3.63, 3.8) is 0 Å². The first-order valence-corrected chi connectivity index (χ1v) is 6.88. The van der Waals surface area contributed by atoms with Gasteiger partial charge in [0.1, 0.15) is 5.82 Å². The molecule has 1 fully saturated rings. The lowest BCUT2D eigenvalue weighted by atomic mass is 9.89. The lowest BCUT2D eigenvalue weighted by molar-refractivity contribution is 0.0943. The fraction of sp³-hybridized carbons (Fsp3) is 0.533. The van der Waals surface area contributed by atoms with Crippen LogP contribution in [0.5, 0.6) is 0 Å². The molecule has 0 aliphatic heterocycles. The van der Waals surface area contributed by atoms with E-state index >= 15 is 0 Å². The molecule has 1 saturated carbocycles. The van der Waals surface area contributed by atoms with Crippen LogP contribution in [-0.4, -0.2) is 17.6 Å². The summed E-state index contributed by atoms with van der Waals surface area (Å²) in [5.74, 6) is -0.221. The number of carbonyl (C=O) groups is 1. The molecule has 0 bridgehead atoms. The minimum Gasteiger partial charge on any atom is -0.392 e. The van der Waals surface area contributed by atoms with Crippen molar-refractivity contribution in [2.75, 3.05) is 6.54 Å². The van der Waals surface area contributed by atoms with Crippen LogP contribution in [0.25, 0.3) is 0 Å². The zero-order chi connectivity index (χ0) is 13.7. The molecule has 104 valence electrons. The molecule has 1 aliphatic carbocycles. The van der Waals surface area contributed by atoms with E-state index in [0.29, 0.717) is 18.0 Å². The summed E-state index contributed by atoms with van der Waals surface area (Å²) in [4.78, 5) is 11.9. The predicted octanol–water partition coefficient (Wildman–Crippen LogP) is 2.63. The van der Waals surface area contributed by atoms with E-state index in [1.54, 1.807) is 6.07 Å². The molecule has 1 aromatic rings. The van der Waals surface area contributed by atoms with Crippen molar-refractivity contribution in [3.05, 3.63) is 35.1 Å². The zero-order valence-corrected chi connectivity index (χ0v) is 11.0. The van der Waals surface area contributed by atoms with Crippen molar-refractivity contribution in [2.45, 2.75) is 38.7 Å². The third-order valence-corrected chi connectivity index (χ3v) is 3.76. The van der Waals surface area contributed by atoms with Gasteiger partial charge in [0.2, 0.25) is 0 Å². The summed E-state index contributed by atoms with van der Waals surface area (Å²) in [6.07, 6.45) is 6.09. The third-order valence-electron chi connectivity index (χ3n) is 3.76. The molecule has 4 heteroatoms. The van der Waals surface area contributed by atoms with E-state index in [4.69, 9.17) is 5.11 Å². The van der Waals surface area contributed by atoms with Gasteiger partial charge in [-0.3, -0.25) is 4.79 Å². The average Bonchev–Trinajstić information content (AvgIpc) is 2.45. The number of aliphatic hydroxyl groups is 1. The Hall–Kier alpha value is -1.42. The number of aliphatic hydroxyl groups excluding tert-OH is 1. The average molecular weight is 265 g/mol. The molecule has 0 spiro atoms. The summed E-state index contributed by atoms with van der Waals surface area (Å²) in [7, 11) is 0. The van der Waals surface area contributed by atoms with Gasteiger partial charge >= 0.3 is 0 Å². The lowest BCUT2D eigenvalue weighted by Crippen LogP contribution is -2.30. The van der Waals surface area contributed by atoms with Crippen LogP contribution < -0.4 is 5.32 Å². The van der Waals surface area contributed by atoms with Gasteiger partial charge in [0.05, 0.1) is 6.61 Å². The van der Waals surface area contributed by atoms with Crippen LogP contribution in [-0.2, 0) is 6.61 Å². The van der Waals surface area contributed by atoms with Gasteiger partial charge in [-0.2, -0.15) is 0 Å². The number of halogens is 1. The summed E-state index contributed by atoms with van der Waals surface area (Å²) in [5, 5.41) is 11.7. The van der Waals surface area contributed by atoms with Gasteiger partial charge in [-0.1, -0.05) is 25.3 Å². The van der Waals surface area contributed by atoms with E-state index in [0.717, 1.165) is 12.8 Å². The standard InChI is InChI=1S/C15H20FNO2/c16-14-8-12(6-7-13(14)10-18)15(19)17-9-11-4-2-1-3-5-11/h6-8,11,18H,1-5,9-10H2,(H,17,19). The number of rotatable bonds is 4. The monoisotopic (exact) mass is 265 g/mol. The topological polar surface area (TPSA) is 49.3 Å².